The van der Waals surface area contributed by atoms with Gasteiger partial charge >= 0.3 is 0 Å². The molecule has 1 aliphatic carbocycles. The molecule has 1 aliphatic rings. The van der Waals surface area contributed by atoms with Crippen molar-refractivity contribution in [3.63, 3.8) is 0 Å². The van der Waals surface area contributed by atoms with Gasteiger partial charge < -0.3 is 4.74 Å². The summed E-state index contributed by atoms with van der Waals surface area (Å²) >= 11 is 0. The van der Waals surface area contributed by atoms with Crippen molar-refractivity contribution in [3.05, 3.63) is 47.5 Å². The third-order valence-corrected chi connectivity index (χ3v) is 4.74. The first-order valence-electron chi connectivity index (χ1n) is 8.45. The molecule has 1 saturated carbocycles. The van der Waals surface area contributed by atoms with Crippen molar-refractivity contribution >= 4 is 0 Å². The van der Waals surface area contributed by atoms with Crippen LogP contribution < -0.4 is 0 Å². The van der Waals surface area contributed by atoms with Gasteiger partial charge in [-0.15, -0.1) is 0 Å². The number of nitrogens with zero attached hydrogens (tertiary/aromatic N) is 1. The molecule has 1 fully saturated rings. The summed E-state index contributed by atoms with van der Waals surface area (Å²) < 4.78 is 5.80. The first-order valence-corrected chi connectivity index (χ1v) is 8.45. The maximum atomic E-state index is 8.87. The summed E-state index contributed by atoms with van der Waals surface area (Å²) in [6.45, 7) is 4.95. The standard InChI is InChI=1S/C20H27NO/c1-3-4-13-22-16(2)14-17-5-9-19(10-6-17)20-11-7-18(15-21)8-12-20/h3-4,7-8,11-12,16-17,19H,5-6,9-10,13-14H2,1-2H3. The molecule has 22 heavy (non-hydrogen) atoms. The van der Waals surface area contributed by atoms with E-state index in [1.807, 2.05) is 25.1 Å². The summed E-state index contributed by atoms with van der Waals surface area (Å²) in [5.41, 5.74) is 2.15. The van der Waals surface area contributed by atoms with Gasteiger partial charge in [0.1, 0.15) is 0 Å². The number of hydrogen-bond acceptors (Lipinski definition) is 2. The van der Waals surface area contributed by atoms with E-state index in [1.165, 1.54) is 37.7 Å². The van der Waals surface area contributed by atoms with E-state index in [0.29, 0.717) is 12.0 Å². The molecule has 0 bridgehead atoms. The smallest absolute Gasteiger partial charge is 0.0991 e. The number of rotatable bonds is 6. The SMILES string of the molecule is CC=CCOC(C)CC1CCC(c2ccc(C#N)cc2)CC1. The molecule has 1 unspecified atom stereocenters. The first kappa shape index (κ1) is 16.8. The van der Waals surface area contributed by atoms with Crippen molar-refractivity contribution < 1.29 is 4.74 Å². The molecule has 2 nitrogen and oxygen atoms in total. The molecule has 2 rings (SSSR count). The van der Waals surface area contributed by atoms with E-state index in [9.17, 15) is 0 Å². The number of hydrogen-bond donors (Lipinski definition) is 0. The van der Waals surface area contributed by atoms with Crippen LogP contribution in [0.15, 0.2) is 36.4 Å². The normalized spacial score (nSPS) is 23.3. The molecule has 118 valence electrons. The lowest BCUT2D eigenvalue weighted by Crippen LogP contribution is -2.19. The third-order valence-electron chi connectivity index (χ3n) is 4.74. The van der Waals surface area contributed by atoms with Crippen LogP contribution in [0, 0.1) is 17.2 Å². The monoisotopic (exact) mass is 297 g/mol. The molecule has 0 aliphatic heterocycles. The highest BCUT2D eigenvalue weighted by atomic mass is 16.5. The van der Waals surface area contributed by atoms with E-state index in [4.69, 9.17) is 10.00 Å². The van der Waals surface area contributed by atoms with Gasteiger partial charge in [0, 0.05) is 0 Å². The van der Waals surface area contributed by atoms with Crippen LogP contribution in [0.1, 0.15) is 63.0 Å². The summed E-state index contributed by atoms with van der Waals surface area (Å²) in [6.07, 6.45) is 10.7. The van der Waals surface area contributed by atoms with Crippen LogP contribution in [0.25, 0.3) is 0 Å². The lowest BCUT2D eigenvalue weighted by atomic mass is 9.77. The van der Waals surface area contributed by atoms with Crippen LogP contribution in [0.2, 0.25) is 0 Å². The fraction of sp³-hybridized carbons (Fsp3) is 0.550. The molecule has 0 radical (unpaired) electrons. The fourth-order valence-electron chi connectivity index (χ4n) is 3.41. The van der Waals surface area contributed by atoms with Gasteiger partial charge in [0.2, 0.25) is 0 Å². The minimum atomic E-state index is 0.354. The predicted molar refractivity (Wildman–Crippen MR) is 90.7 cm³/mol. The van der Waals surface area contributed by atoms with Crippen molar-refractivity contribution in [2.24, 2.45) is 5.92 Å². The lowest BCUT2D eigenvalue weighted by molar-refractivity contribution is 0.0620. The highest BCUT2D eigenvalue weighted by Gasteiger charge is 2.23. The Morgan fingerprint density at radius 1 is 1.23 bits per heavy atom. The molecule has 1 aromatic rings. The molecule has 0 N–H and O–H groups in total. The Morgan fingerprint density at radius 3 is 2.50 bits per heavy atom. The molecule has 0 amide bonds. The second-order valence-corrected chi connectivity index (χ2v) is 6.40. The first-order chi connectivity index (χ1) is 10.7. The molecule has 0 spiro atoms. The average molecular weight is 297 g/mol. The second-order valence-electron chi connectivity index (χ2n) is 6.40. The largest absolute Gasteiger partial charge is 0.374 e. The molecule has 0 aromatic heterocycles. The van der Waals surface area contributed by atoms with Crippen molar-refractivity contribution in [1.82, 2.24) is 0 Å². The summed E-state index contributed by atoms with van der Waals surface area (Å²) in [5, 5.41) is 8.87. The minimum absolute atomic E-state index is 0.354. The number of nitriles is 1. The summed E-state index contributed by atoms with van der Waals surface area (Å²) in [6, 6.07) is 10.3. The molecule has 0 heterocycles. The van der Waals surface area contributed by atoms with Crippen molar-refractivity contribution in [2.75, 3.05) is 6.61 Å². The van der Waals surface area contributed by atoms with E-state index < -0.39 is 0 Å². The van der Waals surface area contributed by atoms with Crippen LogP contribution in [0.3, 0.4) is 0 Å². The summed E-state index contributed by atoms with van der Waals surface area (Å²) in [5.74, 6) is 1.47. The zero-order valence-electron chi connectivity index (χ0n) is 13.8. The highest BCUT2D eigenvalue weighted by Crippen LogP contribution is 2.37. The Labute approximate surface area is 134 Å². The van der Waals surface area contributed by atoms with Gasteiger partial charge in [-0.05, 0) is 75.5 Å². The summed E-state index contributed by atoms with van der Waals surface area (Å²) in [4.78, 5) is 0. The van der Waals surface area contributed by atoms with Crippen LogP contribution in [0.4, 0.5) is 0 Å². The molecule has 1 atom stereocenters. The minimum Gasteiger partial charge on any atom is -0.374 e. The highest BCUT2D eigenvalue weighted by molar-refractivity contribution is 5.33. The third kappa shape index (κ3) is 5.00. The van der Waals surface area contributed by atoms with Gasteiger partial charge in [-0.25, -0.2) is 0 Å². The molecule has 2 heteroatoms. The molecular formula is C20H27NO. The van der Waals surface area contributed by atoms with Crippen LogP contribution in [-0.4, -0.2) is 12.7 Å². The van der Waals surface area contributed by atoms with E-state index >= 15 is 0 Å². The second kappa shape index (κ2) is 8.76. The Kier molecular flexibility index (Phi) is 6.68. The quantitative estimate of drug-likeness (QED) is 0.676. The van der Waals surface area contributed by atoms with Crippen LogP contribution >= 0.6 is 0 Å². The predicted octanol–water partition coefficient (Wildman–Crippen LogP) is 5.20. The van der Waals surface area contributed by atoms with Gasteiger partial charge in [0.15, 0.2) is 0 Å². The van der Waals surface area contributed by atoms with E-state index in [1.54, 1.807) is 0 Å². The van der Waals surface area contributed by atoms with Gasteiger partial charge in [-0.1, -0.05) is 24.3 Å². The molecule has 0 saturated heterocycles. The van der Waals surface area contributed by atoms with Crippen LogP contribution in [-0.2, 0) is 4.74 Å². The van der Waals surface area contributed by atoms with Crippen molar-refractivity contribution in [3.8, 4) is 6.07 Å². The van der Waals surface area contributed by atoms with Crippen molar-refractivity contribution in [2.45, 2.75) is 58.0 Å². The van der Waals surface area contributed by atoms with E-state index in [0.717, 1.165) is 18.1 Å². The molecule has 1 aromatic carbocycles. The van der Waals surface area contributed by atoms with Crippen molar-refractivity contribution in [1.29, 1.82) is 5.26 Å². The summed E-state index contributed by atoms with van der Waals surface area (Å²) in [7, 11) is 0. The Hall–Kier alpha value is -1.59. The zero-order valence-corrected chi connectivity index (χ0v) is 13.8. The maximum Gasteiger partial charge on any atom is 0.0991 e. The lowest BCUT2D eigenvalue weighted by Gasteiger charge is -2.30. The van der Waals surface area contributed by atoms with Gasteiger partial charge in [-0.2, -0.15) is 5.26 Å². The Morgan fingerprint density at radius 2 is 1.91 bits per heavy atom. The van der Waals surface area contributed by atoms with Gasteiger partial charge in [-0.3, -0.25) is 0 Å². The number of benzene rings is 1. The average Bonchev–Trinajstić information content (AvgIpc) is 2.56. The maximum absolute atomic E-state index is 8.87. The topological polar surface area (TPSA) is 33.0 Å². The number of allylic oxidation sites excluding steroid dienone is 1. The fourth-order valence-corrected chi connectivity index (χ4v) is 3.41. The van der Waals surface area contributed by atoms with E-state index in [-0.39, 0.29) is 0 Å². The number of ether oxygens (including phenoxy) is 1. The molecular weight excluding hydrogens is 270 g/mol. The van der Waals surface area contributed by atoms with Gasteiger partial charge in [0.25, 0.3) is 0 Å². The van der Waals surface area contributed by atoms with E-state index in [2.05, 4.69) is 31.2 Å². The van der Waals surface area contributed by atoms with Gasteiger partial charge in [0.05, 0.1) is 24.3 Å². The zero-order chi connectivity index (χ0) is 15.8. The Balaban J connectivity index is 1.76. The Bertz CT molecular complexity index is 504. The van der Waals surface area contributed by atoms with Crippen LogP contribution in [0.5, 0.6) is 0 Å².